The molecule has 1 aliphatic carbocycles. The van der Waals surface area contributed by atoms with E-state index in [4.69, 9.17) is 11.6 Å². The summed E-state index contributed by atoms with van der Waals surface area (Å²) in [5.74, 6) is 0. The summed E-state index contributed by atoms with van der Waals surface area (Å²) >= 11 is 5.89. The third-order valence-electron chi connectivity index (χ3n) is 4.04. The smallest absolute Gasteiger partial charge is 0.0896 e. The van der Waals surface area contributed by atoms with Gasteiger partial charge >= 0.3 is 0 Å². The van der Waals surface area contributed by atoms with Crippen LogP contribution in [0.4, 0.5) is 0 Å². The maximum atomic E-state index is 10.8. The molecular weight excluding hydrogens is 232 g/mol. The SMILES string of the molecule is CC1(C)CCCC(O)(c2ccc(Cl)cc2)CC1. The number of halogens is 1. The molecule has 1 unspecified atom stereocenters. The number of hydrogen-bond donors (Lipinski definition) is 1. The fourth-order valence-corrected chi connectivity index (χ4v) is 2.83. The van der Waals surface area contributed by atoms with Crippen molar-refractivity contribution in [2.24, 2.45) is 5.41 Å². The fraction of sp³-hybridized carbons (Fsp3) is 0.600. The van der Waals surface area contributed by atoms with Crippen LogP contribution in [-0.2, 0) is 5.60 Å². The number of aliphatic hydroxyl groups is 1. The van der Waals surface area contributed by atoms with Crippen LogP contribution in [0.2, 0.25) is 5.02 Å². The first kappa shape index (κ1) is 12.9. The number of hydrogen-bond acceptors (Lipinski definition) is 1. The van der Waals surface area contributed by atoms with Gasteiger partial charge in [0, 0.05) is 5.02 Å². The summed E-state index contributed by atoms with van der Waals surface area (Å²) in [5.41, 5.74) is 0.717. The highest BCUT2D eigenvalue weighted by Gasteiger charge is 2.34. The van der Waals surface area contributed by atoms with Crippen LogP contribution < -0.4 is 0 Å². The second-order valence-electron chi connectivity index (χ2n) is 6.06. The van der Waals surface area contributed by atoms with Crippen molar-refractivity contribution in [3.05, 3.63) is 34.9 Å². The van der Waals surface area contributed by atoms with Gasteiger partial charge < -0.3 is 5.11 Å². The highest BCUT2D eigenvalue weighted by molar-refractivity contribution is 6.30. The van der Waals surface area contributed by atoms with Crippen LogP contribution in [0.1, 0.15) is 51.5 Å². The molecule has 1 atom stereocenters. The van der Waals surface area contributed by atoms with Crippen LogP contribution in [0.15, 0.2) is 24.3 Å². The number of rotatable bonds is 1. The molecule has 1 aliphatic rings. The largest absolute Gasteiger partial charge is 0.385 e. The molecule has 0 spiro atoms. The van der Waals surface area contributed by atoms with E-state index >= 15 is 0 Å². The highest BCUT2D eigenvalue weighted by atomic mass is 35.5. The third kappa shape index (κ3) is 3.02. The highest BCUT2D eigenvalue weighted by Crippen LogP contribution is 2.42. The van der Waals surface area contributed by atoms with E-state index < -0.39 is 5.60 Å². The Hall–Kier alpha value is -0.530. The van der Waals surface area contributed by atoms with E-state index in [1.807, 2.05) is 24.3 Å². The van der Waals surface area contributed by atoms with Crippen molar-refractivity contribution in [1.29, 1.82) is 0 Å². The van der Waals surface area contributed by atoms with Gasteiger partial charge in [0.05, 0.1) is 5.60 Å². The molecule has 0 amide bonds. The molecule has 0 radical (unpaired) electrons. The maximum absolute atomic E-state index is 10.8. The van der Waals surface area contributed by atoms with E-state index in [0.717, 1.165) is 36.3 Å². The fourth-order valence-electron chi connectivity index (χ4n) is 2.70. The Morgan fingerprint density at radius 1 is 1.00 bits per heavy atom. The van der Waals surface area contributed by atoms with Crippen molar-refractivity contribution in [2.75, 3.05) is 0 Å². The first-order valence-corrected chi connectivity index (χ1v) is 6.78. The molecular formula is C15H21ClO. The predicted octanol–water partition coefficient (Wildman–Crippen LogP) is 4.52. The van der Waals surface area contributed by atoms with Crippen LogP contribution in [0.25, 0.3) is 0 Å². The Labute approximate surface area is 109 Å². The minimum Gasteiger partial charge on any atom is -0.385 e. The zero-order valence-electron chi connectivity index (χ0n) is 10.7. The molecule has 1 aromatic rings. The summed E-state index contributed by atoms with van der Waals surface area (Å²) < 4.78 is 0. The van der Waals surface area contributed by atoms with Gasteiger partial charge in [-0.3, -0.25) is 0 Å². The molecule has 2 heteroatoms. The lowest BCUT2D eigenvalue weighted by atomic mass is 9.82. The summed E-state index contributed by atoms with van der Waals surface area (Å²) in [5, 5.41) is 11.5. The van der Waals surface area contributed by atoms with Gasteiger partial charge in [0.1, 0.15) is 0 Å². The van der Waals surface area contributed by atoms with E-state index in [0.29, 0.717) is 5.41 Å². The summed E-state index contributed by atoms with van der Waals surface area (Å²) in [4.78, 5) is 0. The molecule has 1 aromatic carbocycles. The van der Waals surface area contributed by atoms with Crippen molar-refractivity contribution >= 4 is 11.6 Å². The van der Waals surface area contributed by atoms with Crippen molar-refractivity contribution in [1.82, 2.24) is 0 Å². The van der Waals surface area contributed by atoms with Crippen molar-refractivity contribution < 1.29 is 5.11 Å². The van der Waals surface area contributed by atoms with Crippen molar-refractivity contribution in [3.63, 3.8) is 0 Å². The van der Waals surface area contributed by atoms with Gasteiger partial charge in [0.15, 0.2) is 0 Å². The van der Waals surface area contributed by atoms with Crippen LogP contribution in [0, 0.1) is 5.41 Å². The minimum absolute atomic E-state index is 0.358. The molecule has 2 rings (SSSR count). The first-order chi connectivity index (χ1) is 7.91. The van der Waals surface area contributed by atoms with E-state index in [9.17, 15) is 5.11 Å². The first-order valence-electron chi connectivity index (χ1n) is 6.40. The topological polar surface area (TPSA) is 20.2 Å². The second-order valence-corrected chi connectivity index (χ2v) is 6.49. The summed E-state index contributed by atoms with van der Waals surface area (Å²) in [7, 11) is 0. The van der Waals surface area contributed by atoms with Crippen molar-refractivity contribution in [3.8, 4) is 0 Å². The van der Waals surface area contributed by atoms with Crippen LogP contribution in [0.3, 0.4) is 0 Å². The molecule has 0 aliphatic heterocycles. The van der Waals surface area contributed by atoms with Gasteiger partial charge in [-0.2, -0.15) is 0 Å². The molecule has 94 valence electrons. The molecule has 1 fully saturated rings. The molecule has 0 saturated heterocycles. The lowest BCUT2D eigenvalue weighted by Gasteiger charge is -2.28. The molecule has 17 heavy (non-hydrogen) atoms. The maximum Gasteiger partial charge on any atom is 0.0896 e. The minimum atomic E-state index is -0.654. The van der Waals surface area contributed by atoms with E-state index in [1.165, 1.54) is 6.42 Å². The molecule has 0 bridgehead atoms. The van der Waals surface area contributed by atoms with Crippen molar-refractivity contribution in [2.45, 2.75) is 51.6 Å². The Kier molecular flexibility index (Phi) is 3.51. The predicted molar refractivity (Wildman–Crippen MR) is 72.2 cm³/mol. The standard InChI is InChI=1S/C15H21ClO/c1-14(2)8-3-9-15(17,11-10-14)12-4-6-13(16)7-5-12/h4-7,17H,3,8-11H2,1-2H3. The third-order valence-corrected chi connectivity index (χ3v) is 4.29. The molecule has 1 N–H and O–H groups in total. The van der Waals surface area contributed by atoms with Gasteiger partial charge in [-0.05, 0) is 55.2 Å². The van der Waals surface area contributed by atoms with Gasteiger partial charge in [-0.15, -0.1) is 0 Å². The van der Waals surface area contributed by atoms with Crippen LogP contribution in [-0.4, -0.2) is 5.11 Å². The van der Waals surface area contributed by atoms with E-state index in [-0.39, 0.29) is 0 Å². The molecule has 1 nitrogen and oxygen atoms in total. The van der Waals surface area contributed by atoms with Gasteiger partial charge in [-0.1, -0.05) is 37.6 Å². The molecule has 0 heterocycles. The lowest BCUT2D eigenvalue weighted by Crippen LogP contribution is -2.25. The Balaban J connectivity index is 2.21. The van der Waals surface area contributed by atoms with Crippen LogP contribution >= 0.6 is 11.6 Å². The Morgan fingerprint density at radius 3 is 2.29 bits per heavy atom. The summed E-state index contributed by atoms with van der Waals surface area (Å²) in [6.07, 6.45) is 5.07. The van der Waals surface area contributed by atoms with Crippen LogP contribution in [0.5, 0.6) is 0 Å². The molecule has 1 saturated carbocycles. The van der Waals surface area contributed by atoms with E-state index in [2.05, 4.69) is 13.8 Å². The lowest BCUT2D eigenvalue weighted by molar-refractivity contribution is 0.0180. The van der Waals surface area contributed by atoms with E-state index in [1.54, 1.807) is 0 Å². The Morgan fingerprint density at radius 2 is 1.65 bits per heavy atom. The Bertz CT molecular complexity index is 382. The summed E-state index contributed by atoms with van der Waals surface area (Å²) in [6.45, 7) is 4.58. The average Bonchev–Trinajstić information content (AvgIpc) is 2.40. The van der Waals surface area contributed by atoms with Gasteiger partial charge in [-0.25, -0.2) is 0 Å². The summed E-state index contributed by atoms with van der Waals surface area (Å²) in [6, 6.07) is 7.65. The number of benzene rings is 1. The zero-order valence-corrected chi connectivity index (χ0v) is 11.4. The zero-order chi connectivity index (χ0) is 12.5. The monoisotopic (exact) mass is 252 g/mol. The van der Waals surface area contributed by atoms with Gasteiger partial charge in [0.25, 0.3) is 0 Å². The van der Waals surface area contributed by atoms with Gasteiger partial charge in [0.2, 0.25) is 0 Å². The second kappa shape index (κ2) is 4.62. The normalized spacial score (nSPS) is 28.7. The molecule has 0 aromatic heterocycles. The quantitative estimate of drug-likeness (QED) is 0.729. The average molecular weight is 253 g/mol.